The number of nitrogens with one attached hydrogen (secondary N) is 1. The van der Waals surface area contributed by atoms with Crippen LogP contribution >= 0.6 is 11.8 Å². The van der Waals surface area contributed by atoms with Gasteiger partial charge in [0.05, 0.1) is 19.5 Å². The Morgan fingerprint density at radius 3 is 2.67 bits per heavy atom. The van der Waals surface area contributed by atoms with Gasteiger partial charge in [-0.3, -0.25) is 4.79 Å². The van der Waals surface area contributed by atoms with Crippen LogP contribution in [0.3, 0.4) is 0 Å². The number of methoxy groups -OCH3 is 2. The number of carbonyl (C=O) groups excluding carboxylic acids is 1. The maximum Gasteiger partial charge on any atom is 0.234 e. The molecule has 0 saturated carbocycles. The van der Waals surface area contributed by atoms with Crippen LogP contribution in [0.15, 0.2) is 59.8 Å². The van der Waals surface area contributed by atoms with E-state index in [0.717, 1.165) is 23.8 Å². The van der Waals surface area contributed by atoms with Crippen molar-refractivity contribution in [3.8, 4) is 5.75 Å². The van der Waals surface area contributed by atoms with Crippen LogP contribution in [0.1, 0.15) is 11.4 Å². The minimum atomic E-state index is -0.111. The number of aromatic nitrogens is 3. The number of amides is 1. The number of ether oxygens (including phenoxy) is 2. The van der Waals surface area contributed by atoms with Crippen LogP contribution < -0.4 is 10.1 Å². The van der Waals surface area contributed by atoms with Gasteiger partial charge < -0.3 is 19.4 Å². The van der Waals surface area contributed by atoms with Crippen molar-refractivity contribution in [3.63, 3.8) is 0 Å². The molecule has 0 aliphatic rings. The number of nitrogens with zero attached hydrogens (tertiary/aromatic N) is 3. The Kier molecular flexibility index (Phi) is 8.29. The van der Waals surface area contributed by atoms with E-state index in [1.165, 1.54) is 17.3 Å². The first-order chi connectivity index (χ1) is 14.7. The van der Waals surface area contributed by atoms with Crippen LogP contribution in [-0.2, 0) is 28.9 Å². The highest BCUT2D eigenvalue weighted by molar-refractivity contribution is 7.99. The van der Waals surface area contributed by atoms with Crippen molar-refractivity contribution in [2.24, 2.45) is 0 Å². The summed E-state index contributed by atoms with van der Waals surface area (Å²) >= 11 is 1.37. The van der Waals surface area contributed by atoms with Crippen LogP contribution in [0, 0.1) is 0 Å². The second kappa shape index (κ2) is 11.4. The summed E-state index contributed by atoms with van der Waals surface area (Å²) in [6.07, 6.45) is 1.66. The SMILES string of the molecule is COCCn1c(CCc2ccccc2)nnc1SCC(=O)Nc1cccc(OC)c1. The van der Waals surface area contributed by atoms with Crippen LogP contribution in [0.5, 0.6) is 5.75 Å². The highest BCUT2D eigenvalue weighted by Gasteiger charge is 2.14. The van der Waals surface area contributed by atoms with Crippen molar-refractivity contribution in [2.45, 2.75) is 24.5 Å². The molecule has 0 radical (unpaired) electrons. The molecule has 3 rings (SSSR count). The molecule has 3 aromatic rings. The van der Waals surface area contributed by atoms with E-state index in [9.17, 15) is 4.79 Å². The van der Waals surface area contributed by atoms with Crippen molar-refractivity contribution in [1.82, 2.24) is 14.8 Å². The number of rotatable bonds is 11. The normalized spacial score (nSPS) is 10.7. The molecule has 30 heavy (non-hydrogen) atoms. The molecule has 0 spiro atoms. The van der Waals surface area contributed by atoms with E-state index in [0.29, 0.717) is 24.6 Å². The summed E-state index contributed by atoms with van der Waals surface area (Å²) in [7, 11) is 3.27. The number of carbonyl (C=O) groups is 1. The minimum absolute atomic E-state index is 0.111. The highest BCUT2D eigenvalue weighted by Crippen LogP contribution is 2.20. The monoisotopic (exact) mass is 426 g/mol. The second-order valence-electron chi connectivity index (χ2n) is 6.60. The van der Waals surface area contributed by atoms with Crippen molar-refractivity contribution >= 4 is 23.4 Å². The molecule has 1 N–H and O–H groups in total. The predicted octanol–water partition coefficient (Wildman–Crippen LogP) is 3.45. The average molecular weight is 427 g/mol. The zero-order valence-corrected chi connectivity index (χ0v) is 18.0. The van der Waals surface area contributed by atoms with Crippen molar-refractivity contribution in [3.05, 3.63) is 66.0 Å². The lowest BCUT2D eigenvalue weighted by Gasteiger charge is -2.10. The van der Waals surface area contributed by atoms with E-state index in [-0.39, 0.29) is 11.7 Å². The molecule has 0 bridgehead atoms. The molecule has 8 heteroatoms. The average Bonchev–Trinajstić information content (AvgIpc) is 3.17. The summed E-state index contributed by atoms with van der Waals surface area (Å²) < 4.78 is 12.5. The van der Waals surface area contributed by atoms with Gasteiger partial charge in [0.15, 0.2) is 5.16 Å². The maximum absolute atomic E-state index is 12.4. The topological polar surface area (TPSA) is 78.3 Å². The maximum atomic E-state index is 12.4. The summed E-state index contributed by atoms with van der Waals surface area (Å²) in [4.78, 5) is 12.4. The summed E-state index contributed by atoms with van der Waals surface area (Å²) in [6.45, 7) is 1.20. The Balaban J connectivity index is 1.61. The van der Waals surface area contributed by atoms with Gasteiger partial charge in [-0.05, 0) is 24.1 Å². The lowest BCUT2D eigenvalue weighted by Crippen LogP contribution is -2.15. The Morgan fingerprint density at radius 1 is 1.07 bits per heavy atom. The molecule has 0 fully saturated rings. The Bertz CT molecular complexity index is 947. The number of hydrogen-bond donors (Lipinski definition) is 1. The Labute approximate surface area is 180 Å². The fourth-order valence-electron chi connectivity index (χ4n) is 2.95. The quantitative estimate of drug-likeness (QED) is 0.473. The largest absolute Gasteiger partial charge is 0.497 e. The predicted molar refractivity (Wildman–Crippen MR) is 118 cm³/mol. The molecule has 0 aliphatic heterocycles. The van der Waals surface area contributed by atoms with Gasteiger partial charge in [-0.15, -0.1) is 10.2 Å². The van der Waals surface area contributed by atoms with Gasteiger partial charge in [-0.1, -0.05) is 48.2 Å². The Hall–Kier alpha value is -2.84. The molecule has 0 unspecified atom stereocenters. The summed E-state index contributed by atoms with van der Waals surface area (Å²) in [5.41, 5.74) is 1.95. The van der Waals surface area contributed by atoms with Gasteiger partial charge in [-0.2, -0.15) is 0 Å². The van der Waals surface area contributed by atoms with E-state index in [2.05, 4.69) is 27.6 Å². The first kappa shape index (κ1) is 21.9. The van der Waals surface area contributed by atoms with E-state index in [1.54, 1.807) is 20.3 Å². The number of aryl methyl sites for hydroxylation is 2. The molecule has 1 aromatic heterocycles. The number of benzene rings is 2. The fourth-order valence-corrected chi connectivity index (χ4v) is 3.73. The zero-order valence-electron chi connectivity index (χ0n) is 17.2. The first-order valence-electron chi connectivity index (χ1n) is 9.71. The molecule has 0 atom stereocenters. The summed E-state index contributed by atoms with van der Waals surface area (Å²) in [5, 5.41) is 12.3. The van der Waals surface area contributed by atoms with E-state index < -0.39 is 0 Å². The first-order valence-corrected chi connectivity index (χ1v) is 10.7. The van der Waals surface area contributed by atoms with Crippen molar-refractivity contribution < 1.29 is 14.3 Å². The van der Waals surface area contributed by atoms with Crippen LogP contribution in [0.25, 0.3) is 0 Å². The van der Waals surface area contributed by atoms with Gasteiger partial charge in [0, 0.05) is 31.8 Å². The zero-order chi connectivity index (χ0) is 21.2. The minimum Gasteiger partial charge on any atom is -0.497 e. The summed E-state index contributed by atoms with van der Waals surface area (Å²) in [5.74, 6) is 1.72. The molecular weight excluding hydrogens is 400 g/mol. The third kappa shape index (κ3) is 6.33. The third-order valence-corrected chi connectivity index (χ3v) is 5.45. The molecule has 158 valence electrons. The molecular formula is C22H26N4O3S. The van der Waals surface area contributed by atoms with Crippen LogP contribution in [-0.4, -0.2) is 47.3 Å². The second-order valence-corrected chi connectivity index (χ2v) is 7.54. The highest BCUT2D eigenvalue weighted by atomic mass is 32.2. The summed E-state index contributed by atoms with van der Waals surface area (Å²) in [6, 6.07) is 17.6. The van der Waals surface area contributed by atoms with Crippen molar-refractivity contribution in [2.75, 3.05) is 31.9 Å². The molecule has 7 nitrogen and oxygen atoms in total. The third-order valence-electron chi connectivity index (χ3n) is 4.48. The lowest BCUT2D eigenvalue weighted by molar-refractivity contribution is -0.113. The Morgan fingerprint density at radius 2 is 1.90 bits per heavy atom. The van der Waals surface area contributed by atoms with Gasteiger partial charge in [0.25, 0.3) is 0 Å². The van der Waals surface area contributed by atoms with Gasteiger partial charge in [0.1, 0.15) is 11.6 Å². The van der Waals surface area contributed by atoms with E-state index in [1.807, 2.05) is 41.0 Å². The molecule has 2 aromatic carbocycles. The fraction of sp³-hybridized carbons (Fsp3) is 0.318. The molecule has 1 heterocycles. The van der Waals surface area contributed by atoms with Crippen LogP contribution in [0.2, 0.25) is 0 Å². The standard InChI is InChI=1S/C22H26N4O3S/c1-28-14-13-26-20(12-11-17-7-4-3-5-8-17)24-25-22(26)30-16-21(27)23-18-9-6-10-19(15-18)29-2/h3-10,15H,11-14,16H2,1-2H3,(H,23,27). The molecule has 1 amide bonds. The molecule has 0 saturated heterocycles. The van der Waals surface area contributed by atoms with Gasteiger partial charge in [0.2, 0.25) is 5.91 Å². The number of anilines is 1. The number of hydrogen-bond acceptors (Lipinski definition) is 6. The van der Waals surface area contributed by atoms with Crippen LogP contribution in [0.4, 0.5) is 5.69 Å². The van der Waals surface area contributed by atoms with Crippen molar-refractivity contribution in [1.29, 1.82) is 0 Å². The van der Waals surface area contributed by atoms with Gasteiger partial charge in [-0.25, -0.2) is 0 Å². The van der Waals surface area contributed by atoms with Gasteiger partial charge >= 0.3 is 0 Å². The van der Waals surface area contributed by atoms with E-state index in [4.69, 9.17) is 9.47 Å². The number of thioether (sulfide) groups is 1. The van der Waals surface area contributed by atoms with E-state index >= 15 is 0 Å². The lowest BCUT2D eigenvalue weighted by atomic mass is 10.1. The smallest absolute Gasteiger partial charge is 0.234 e. The molecule has 0 aliphatic carbocycles.